The molecular formula is C20H17N3O2. The van der Waals surface area contributed by atoms with Crippen LogP contribution < -0.4 is 10.9 Å². The number of nitrogens with one attached hydrogen (secondary N) is 1. The molecule has 0 aliphatic rings. The zero-order chi connectivity index (χ0) is 17.6. The number of nitrogens with zero attached hydrogens (tertiary/aromatic N) is 2. The molecule has 0 atom stereocenters. The van der Waals surface area contributed by atoms with Gasteiger partial charge in [0.25, 0.3) is 5.56 Å². The minimum absolute atomic E-state index is 0.0806. The molecule has 124 valence electrons. The molecule has 1 aromatic heterocycles. The van der Waals surface area contributed by atoms with Gasteiger partial charge in [-0.25, -0.2) is 4.98 Å². The van der Waals surface area contributed by atoms with E-state index in [-0.39, 0.29) is 24.6 Å². The van der Waals surface area contributed by atoms with E-state index < -0.39 is 0 Å². The van der Waals surface area contributed by atoms with Crippen LogP contribution in [0.5, 0.6) is 0 Å². The Morgan fingerprint density at radius 2 is 1.96 bits per heavy atom. The van der Waals surface area contributed by atoms with E-state index in [1.54, 1.807) is 6.07 Å². The molecule has 0 radical (unpaired) electrons. The number of amides is 1. The molecule has 3 rings (SSSR count). The molecular weight excluding hydrogens is 314 g/mol. The number of aryl methyl sites for hydroxylation is 1. The number of carbonyl (C=O) groups is 1. The Kier molecular flexibility index (Phi) is 4.91. The third-order valence-electron chi connectivity index (χ3n) is 3.75. The summed E-state index contributed by atoms with van der Waals surface area (Å²) in [6.45, 7) is 2.04. The molecule has 2 aromatic carbocycles. The standard InChI is InChI=1S/C20H17N3O2/c1-15-7-5-11-17-19(15)22-14-23(20(17)25)13-18(24)21-12-6-10-16-8-3-2-4-9-16/h2-5,7-9,11,14H,12-13H2,1H3,(H,21,24). The first-order chi connectivity index (χ1) is 12.1. The molecule has 0 fully saturated rings. The van der Waals surface area contributed by atoms with E-state index in [4.69, 9.17) is 0 Å². The van der Waals surface area contributed by atoms with Crippen molar-refractivity contribution in [3.8, 4) is 11.8 Å². The van der Waals surface area contributed by atoms with Crippen LogP contribution in [0.1, 0.15) is 11.1 Å². The molecule has 0 aliphatic heterocycles. The Hall–Kier alpha value is -3.39. The van der Waals surface area contributed by atoms with Gasteiger partial charge in [0.15, 0.2) is 0 Å². The molecule has 0 aliphatic carbocycles. The van der Waals surface area contributed by atoms with E-state index in [1.807, 2.05) is 49.4 Å². The van der Waals surface area contributed by atoms with Crippen LogP contribution in [0.25, 0.3) is 10.9 Å². The number of carbonyl (C=O) groups excluding carboxylic acids is 1. The highest BCUT2D eigenvalue weighted by Gasteiger charge is 2.08. The molecule has 25 heavy (non-hydrogen) atoms. The fourth-order valence-electron chi connectivity index (χ4n) is 2.47. The fourth-order valence-corrected chi connectivity index (χ4v) is 2.47. The van der Waals surface area contributed by atoms with Crippen LogP contribution >= 0.6 is 0 Å². The second kappa shape index (κ2) is 7.45. The first-order valence-corrected chi connectivity index (χ1v) is 7.90. The van der Waals surface area contributed by atoms with E-state index >= 15 is 0 Å². The molecule has 1 heterocycles. The maximum Gasteiger partial charge on any atom is 0.261 e. The van der Waals surface area contributed by atoms with Gasteiger partial charge in [0.05, 0.1) is 23.8 Å². The quantitative estimate of drug-likeness (QED) is 0.745. The van der Waals surface area contributed by atoms with Gasteiger partial charge in [-0.15, -0.1) is 0 Å². The van der Waals surface area contributed by atoms with E-state index in [2.05, 4.69) is 22.1 Å². The highest BCUT2D eigenvalue weighted by Crippen LogP contribution is 2.10. The number of fused-ring (bicyclic) bond motifs is 1. The van der Waals surface area contributed by atoms with Crippen LogP contribution in [-0.4, -0.2) is 22.0 Å². The first-order valence-electron chi connectivity index (χ1n) is 7.90. The second-order valence-electron chi connectivity index (χ2n) is 5.59. The van der Waals surface area contributed by atoms with Gasteiger partial charge in [-0.3, -0.25) is 14.2 Å². The van der Waals surface area contributed by atoms with E-state index in [9.17, 15) is 9.59 Å². The van der Waals surface area contributed by atoms with Crippen molar-refractivity contribution in [1.29, 1.82) is 0 Å². The zero-order valence-corrected chi connectivity index (χ0v) is 13.8. The zero-order valence-electron chi connectivity index (χ0n) is 13.8. The number of benzene rings is 2. The smallest absolute Gasteiger partial charge is 0.261 e. The molecule has 0 unspecified atom stereocenters. The number of rotatable bonds is 3. The maximum atomic E-state index is 12.4. The summed E-state index contributed by atoms with van der Waals surface area (Å²) in [6.07, 6.45) is 1.41. The minimum atomic E-state index is -0.279. The van der Waals surface area contributed by atoms with Crippen molar-refractivity contribution in [2.24, 2.45) is 0 Å². The van der Waals surface area contributed by atoms with Crippen LogP contribution in [0.4, 0.5) is 0 Å². The molecule has 1 amide bonds. The topological polar surface area (TPSA) is 64.0 Å². The fraction of sp³-hybridized carbons (Fsp3) is 0.150. The first kappa shape index (κ1) is 16.5. The summed E-state index contributed by atoms with van der Waals surface area (Å²) in [5.41, 5.74) is 2.27. The predicted octanol–water partition coefficient (Wildman–Crippen LogP) is 1.87. The average Bonchev–Trinajstić information content (AvgIpc) is 2.63. The summed E-state index contributed by atoms with van der Waals surface area (Å²) in [5.74, 6) is 5.57. The third-order valence-corrected chi connectivity index (χ3v) is 3.75. The maximum absolute atomic E-state index is 12.4. The number of aromatic nitrogens is 2. The number of hydrogen-bond donors (Lipinski definition) is 1. The van der Waals surface area contributed by atoms with Gasteiger partial charge in [0.1, 0.15) is 6.54 Å². The van der Waals surface area contributed by atoms with Crippen molar-refractivity contribution < 1.29 is 4.79 Å². The number of para-hydroxylation sites is 1. The minimum Gasteiger partial charge on any atom is -0.344 e. The van der Waals surface area contributed by atoms with Gasteiger partial charge < -0.3 is 5.32 Å². The van der Waals surface area contributed by atoms with Gasteiger partial charge in [-0.1, -0.05) is 42.2 Å². The van der Waals surface area contributed by atoms with E-state index in [1.165, 1.54) is 10.9 Å². The molecule has 0 saturated carbocycles. The molecule has 5 nitrogen and oxygen atoms in total. The molecule has 3 aromatic rings. The van der Waals surface area contributed by atoms with Crippen LogP contribution in [0, 0.1) is 18.8 Å². The normalized spacial score (nSPS) is 10.1. The largest absolute Gasteiger partial charge is 0.344 e. The van der Waals surface area contributed by atoms with Gasteiger partial charge >= 0.3 is 0 Å². The predicted molar refractivity (Wildman–Crippen MR) is 97.1 cm³/mol. The Morgan fingerprint density at radius 3 is 2.76 bits per heavy atom. The van der Waals surface area contributed by atoms with Crippen LogP contribution in [0.3, 0.4) is 0 Å². The summed E-state index contributed by atoms with van der Waals surface area (Å²) >= 11 is 0. The van der Waals surface area contributed by atoms with Crippen molar-refractivity contribution in [2.75, 3.05) is 6.54 Å². The molecule has 5 heteroatoms. The van der Waals surface area contributed by atoms with Crippen LogP contribution in [-0.2, 0) is 11.3 Å². The van der Waals surface area contributed by atoms with Crippen molar-refractivity contribution in [3.63, 3.8) is 0 Å². The summed E-state index contributed by atoms with van der Waals surface area (Å²) < 4.78 is 1.31. The van der Waals surface area contributed by atoms with E-state index in [0.717, 1.165) is 11.1 Å². The number of hydrogen-bond acceptors (Lipinski definition) is 3. The highest BCUT2D eigenvalue weighted by atomic mass is 16.2. The van der Waals surface area contributed by atoms with Crippen LogP contribution in [0.2, 0.25) is 0 Å². The van der Waals surface area contributed by atoms with Gasteiger partial charge in [0, 0.05) is 5.56 Å². The lowest BCUT2D eigenvalue weighted by atomic mass is 10.1. The lowest BCUT2D eigenvalue weighted by Crippen LogP contribution is -2.32. The monoisotopic (exact) mass is 331 g/mol. The van der Waals surface area contributed by atoms with Crippen LogP contribution in [0.15, 0.2) is 59.7 Å². The molecule has 1 N–H and O–H groups in total. The lowest BCUT2D eigenvalue weighted by Gasteiger charge is -2.07. The van der Waals surface area contributed by atoms with Gasteiger partial charge in [0.2, 0.25) is 5.91 Å². The molecule has 0 bridgehead atoms. The summed E-state index contributed by atoms with van der Waals surface area (Å²) in [5, 5.41) is 3.20. The highest BCUT2D eigenvalue weighted by molar-refractivity contribution is 5.81. The Morgan fingerprint density at radius 1 is 1.16 bits per heavy atom. The van der Waals surface area contributed by atoms with Crippen molar-refractivity contribution in [2.45, 2.75) is 13.5 Å². The summed E-state index contributed by atoms with van der Waals surface area (Å²) in [7, 11) is 0. The summed E-state index contributed by atoms with van der Waals surface area (Å²) in [6, 6.07) is 15.0. The van der Waals surface area contributed by atoms with E-state index in [0.29, 0.717) is 10.9 Å². The Labute approximate surface area is 145 Å². The van der Waals surface area contributed by atoms with Gasteiger partial charge in [-0.05, 0) is 30.7 Å². The molecule has 0 spiro atoms. The van der Waals surface area contributed by atoms with Crippen molar-refractivity contribution in [1.82, 2.24) is 14.9 Å². The molecule has 0 saturated heterocycles. The van der Waals surface area contributed by atoms with Crippen molar-refractivity contribution in [3.05, 3.63) is 76.3 Å². The Balaban J connectivity index is 1.66. The van der Waals surface area contributed by atoms with Gasteiger partial charge in [-0.2, -0.15) is 0 Å². The summed E-state index contributed by atoms with van der Waals surface area (Å²) in [4.78, 5) is 28.7. The third kappa shape index (κ3) is 3.93. The SMILES string of the molecule is Cc1cccc2c(=O)n(CC(=O)NCC#Cc3ccccc3)cnc12. The second-order valence-corrected chi connectivity index (χ2v) is 5.59. The Bertz CT molecular complexity index is 1030. The average molecular weight is 331 g/mol. The van der Waals surface area contributed by atoms with Crippen molar-refractivity contribution >= 4 is 16.8 Å². The lowest BCUT2D eigenvalue weighted by molar-refractivity contribution is -0.121.